The van der Waals surface area contributed by atoms with Crippen LogP contribution < -0.4 is 0 Å². The van der Waals surface area contributed by atoms with Crippen molar-refractivity contribution in [2.24, 2.45) is 5.41 Å². The number of halogens is 1. The van der Waals surface area contributed by atoms with Crippen molar-refractivity contribution in [1.29, 1.82) is 0 Å². The van der Waals surface area contributed by atoms with Gasteiger partial charge in [-0.15, -0.1) is 0 Å². The lowest BCUT2D eigenvalue weighted by atomic mass is 9.70. The lowest BCUT2D eigenvalue weighted by Gasteiger charge is -2.43. The third-order valence-electron chi connectivity index (χ3n) is 3.90. The van der Waals surface area contributed by atoms with E-state index in [9.17, 15) is 8.42 Å². The van der Waals surface area contributed by atoms with Crippen LogP contribution in [0.1, 0.15) is 25.7 Å². The van der Waals surface area contributed by atoms with Crippen LogP contribution >= 0.6 is 15.9 Å². The maximum absolute atomic E-state index is 11.5. The molecule has 0 aromatic heterocycles. The molecule has 2 aliphatic rings. The van der Waals surface area contributed by atoms with E-state index in [1.165, 1.54) is 19.3 Å². The van der Waals surface area contributed by atoms with Crippen molar-refractivity contribution in [1.82, 2.24) is 4.90 Å². The standard InChI is InChI=1S/C11H20BrNO2S/c12-9-11(3-1-4-11)10-13-5-2-7-16(14,15)8-6-13/h1-10H2. The van der Waals surface area contributed by atoms with E-state index in [0.29, 0.717) is 16.9 Å². The summed E-state index contributed by atoms with van der Waals surface area (Å²) in [6.45, 7) is 2.76. The molecular formula is C11H20BrNO2S. The lowest BCUT2D eigenvalue weighted by molar-refractivity contribution is 0.0957. The van der Waals surface area contributed by atoms with Crippen molar-refractivity contribution >= 4 is 25.8 Å². The Labute approximate surface area is 107 Å². The summed E-state index contributed by atoms with van der Waals surface area (Å²) in [7, 11) is -2.76. The van der Waals surface area contributed by atoms with Crippen LogP contribution in [0.3, 0.4) is 0 Å². The van der Waals surface area contributed by atoms with Crippen LogP contribution in [0.15, 0.2) is 0 Å². The van der Waals surface area contributed by atoms with E-state index in [1.807, 2.05) is 0 Å². The first kappa shape index (κ1) is 12.8. The molecule has 0 unspecified atom stereocenters. The van der Waals surface area contributed by atoms with Crippen LogP contribution in [0.2, 0.25) is 0 Å². The monoisotopic (exact) mass is 309 g/mol. The number of nitrogens with zero attached hydrogens (tertiary/aromatic N) is 1. The van der Waals surface area contributed by atoms with E-state index < -0.39 is 9.84 Å². The van der Waals surface area contributed by atoms with E-state index in [1.54, 1.807) is 0 Å². The fourth-order valence-electron chi connectivity index (χ4n) is 2.63. The fourth-order valence-corrected chi connectivity index (χ4v) is 4.68. The molecule has 3 nitrogen and oxygen atoms in total. The first-order chi connectivity index (χ1) is 7.55. The highest BCUT2D eigenvalue weighted by atomic mass is 79.9. The zero-order valence-electron chi connectivity index (χ0n) is 9.62. The minimum atomic E-state index is -2.76. The molecule has 0 aromatic rings. The van der Waals surface area contributed by atoms with Gasteiger partial charge in [0.1, 0.15) is 0 Å². The third-order valence-corrected chi connectivity index (χ3v) is 6.81. The zero-order valence-corrected chi connectivity index (χ0v) is 12.0. The van der Waals surface area contributed by atoms with Crippen LogP contribution in [0, 0.1) is 5.41 Å². The van der Waals surface area contributed by atoms with Crippen LogP contribution in [-0.4, -0.2) is 49.8 Å². The third kappa shape index (κ3) is 2.99. The number of hydrogen-bond acceptors (Lipinski definition) is 3. The number of rotatable bonds is 3. The lowest BCUT2D eigenvalue weighted by Crippen LogP contribution is -2.44. The number of hydrogen-bond donors (Lipinski definition) is 0. The molecule has 0 aromatic carbocycles. The number of alkyl halides is 1. The average Bonchev–Trinajstić information content (AvgIpc) is 2.34. The van der Waals surface area contributed by atoms with E-state index in [4.69, 9.17) is 0 Å². The van der Waals surface area contributed by atoms with Gasteiger partial charge in [-0.05, 0) is 31.2 Å². The van der Waals surface area contributed by atoms with E-state index in [0.717, 1.165) is 31.4 Å². The van der Waals surface area contributed by atoms with Gasteiger partial charge in [0, 0.05) is 18.4 Å². The zero-order chi connectivity index (χ0) is 11.6. The molecule has 0 amide bonds. The normalized spacial score (nSPS) is 29.3. The molecule has 2 rings (SSSR count). The Kier molecular flexibility index (Phi) is 3.97. The summed E-state index contributed by atoms with van der Waals surface area (Å²) in [5, 5.41) is 1.06. The summed E-state index contributed by atoms with van der Waals surface area (Å²) in [6, 6.07) is 0. The van der Waals surface area contributed by atoms with Gasteiger partial charge >= 0.3 is 0 Å². The molecule has 2 fully saturated rings. The van der Waals surface area contributed by atoms with Crippen LogP contribution in [0.5, 0.6) is 0 Å². The van der Waals surface area contributed by atoms with E-state index in [-0.39, 0.29) is 0 Å². The molecule has 0 N–H and O–H groups in total. The van der Waals surface area contributed by atoms with Crippen molar-refractivity contribution in [3.63, 3.8) is 0 Å². The second-order valence-electron chi connectivity index (χ2n) is 5.27. The van der Waals surface area contributed by atoms with Gasteiger partial charge in [0.15, 0.2) is 9.84 Å². The molecule has 1 saturated heterocycles. The topological polar surface area (TPSA) is 37.4 Å². The summed E-state index contributed by atoms with van der Waals surface area (Å²) in [4.78, 5) is 2.35. The molecule has 0 radical (unpaired) electrons. The Hall–Kier alpha value is 0.390. The highest BCUT2D eigenvalue weighted by molar-refractivity contribution is 9.09. The smallest absolute Gasteiger partial charge is 0.151 e. The first-order valence-corrected chi connectivity index (χ1v) is 8.98. The fraction of sp³-hybridized carbons (Fsp3) is 1.00. The summed E-state index contributed by atoms with van der Waals surface area (Å²) in [5.74, 6) is 0.732. The van der Waals surface area contributed by atoms with Gasteiger partial charge in [-0.1, -0.05) is 22.4 Å². The Morgan fingerprint density at radius 3 is 2.44 bits per heavy atom. The van der Waals surface area contributed by atoms with Gasteiger partial charge in [0.2, 0.25) is 0 Å². The predicted molar refractivity (Wildman–Crippen MR) is 69.8 cm³/mol. The van der Waals surface area contributed by atoms with E-state index in [2.05, 4.69) is 20.8 Å². The van der Waals surface area contributed by atoms with Crippen molar-refractivity contribution in [2.45, 2.75) is 25.7 Å². The van der Waals surface area contributed by atoms with Crippen LogP contribution in [0.4, 0.5) is 0 Å². The quantitative estimate of drug-likeness (QED) is 0.744. The molecular weight excluding hydrogens is 290 g/mol. The molecule has 5 heteroatoms. The highest BCUT2D eigenvalue weighted by Gasteiger charge is 2.37. The summed E-state index contributed by atoms with van der Waals surface area (Å²) < 4.78 is 23.0. The molecule has 94 valence electrons. The summed E-state index contributed by atoms with van der Waals surface area (Å²) >= 11 is 3.61. The average molecular weight is 310 g/mol. The molecule has 0 spiro atoms. The first-order valence-electron chi connectivity index (χ1n) is 6.04. The SMILES string of the molecule is O=S1(=O)CCCN(CC2(CBr)CCC2)CC1. The van der Waals surface area contributed by atoms with E-state index >= 15 is 0 Å². The second-order valence-corrected chi connectivity index (χ2v) is 8.13. The van der Waals surface area contributed by atoms with Crippen molar-refractivity contribution in [3.8, 4) is 0 Å². The Morgan fingerprint density at radius 2 is 1.88 bits per heavy atom. The van der Waals surface area contributed by atoms with Gasteiger partial charge in [0.05, 0.1) is 11.5 Å². The van der Waals surface area contributed by atoms with Gasteiger partial charge < -0.3 is 4.90 Å². The molecule has 1 aliphatic heterocycles. The molecule has 16 heavy (non-hydrogen) atoms. The van der Waals surface area contributed by atoms with Crippen molar-refractivity contribution in [3.05, 3.63) is 0 Å². The van der Waals surface area contributed by atoms with Gasteiger partial charge in [-0.3, -0.25) is 0 Å². The summed E-state index contributed by atoms with van der Waals surface area (Å²) in [6.07, 6.45) is 4.72. The van der Waals surface area contributed by atoms with Gasteiger partial charge in [-0.25, -0.2) is 8.42 Å². The Morgan fingerprint density at radius 1 is 1.12 bits per heavy atom. The number of sulfone groups is 1. The molecule has 0 atom stereocenters. The van der Waals surface area contributed by atoms with Gasteiger partial charge in [-0.2, -0.15) is 0 Å². The van der Waals surface area contributed by atoms with Crippen molar-refractivity contribution < 1.29 is 8.42 Å². The highest BCUT2D eigenvalue weighted by Crippen LogP contribution is 2.43. The second kappa shape index (κ2) is 4.94. The Balaban J connectivity index is 1.91. The van der Waals surface area contributed by atoms with Gasteiger partial charge in [0.25, 0.3) is 0 Å². The minimum Gasteiger partial charge on any atom is -0.302 e. The Bertz CT molecular complexity index is 332. The minimum absolute atomic E-state index is 0.353. The van der Waals surface area contributed by atoms with Crippen molar-refractivity contribution in [2.75, 3.05) is 36.5 Å². The molecule has 1 saturated carbocycles. The maximum atomic E-state index is 11.5. The molecule has 1 aliphatic carbocycles. The predicted octanol–water partition coefficient (Wildman–Crippen LogP) is 1.67. The summed E-state index contributed by atoms with van der Waals surface area (Å²) in [5.41, 5.74) is 0.439. The van der Waals surface area contributed by atoms with Crippen LogP contribution in [-0.2, 0) is 9.84 Å². The largest absolute Gasteiger partial charge is 0.302 e. The molecule has 1 heterocycles. The van der Waals surface area contributed by atoms with Crippen LogP contribution in [0.25, 0.3) is 0 Å². The molecule has 0 bridgehead atoms. The maximum Gasteiger partial charge on any atom is 0.151 e.